The van der Waals surface area contributed by atoms with Crippen LogP contribution in [-0.2, 0) is 23.9 Å². The Morgan fingerprint density at radius 1 is 1.17 bits per heavy atom. The number of methoxy groups -OCH3 is 1. The number of furan rings is 1. The normalized spacial score (nSPS) is 45.2. The van der Waals surface area contributed by atoms with Gasteiger partial charge in [-0.3, -0.25) is 14.4 Å². The summed E-state index contributed by atoms with van der Waals surface area (Å²) < 4.78 is 16.5. The topological polar surface area (TPSA) is 103 Å². The Balaban J connectivity index is 1.71. The lowest BCUT2D eigenvalue weighted by Gasteiger charge is -2.67. The van der Waals surface area contributed by atoms with Gasteiger partial charge < -0.3 is 19.0 Å². The first kappa shape index (κ1) is 25.0. The van der Waals surface area contributed by atoms with Crippen LogP contribution >= 0.6 is 0 Å². The fraction of sp³-hybridized carbons (Fsp3) is 0.621. The van der Waals surface area contributed by atoms with Crippen LogP contribution in [0.1, 0.15) is 65.4 Å². The summed E-state index contributed by atoms with van der Waals surface area (Å²) >= 11 is 0. The minimum Gasteiger partial charge on any atom is -0.472 e. The lowest BCUT2D eigenvalue weighted by molar-refractivity contribution is -0.235. The van der Waals surface area contributed by atoms with Gasteiger partial charge in [-0.25, -0.2) is 0 Å². The summed E-state index contributed by atoms with van der Waals surface area (Å²) in [5.41, 5.74) is -1.14. The number of carbonyl (C=O) groups is 3. The first-order valence-corrected chi connectivity index (χ1v) is 12.8. The van der Waals surface area contributed by atoms with E-state index in [0.29, 0.717) is 6.42 Å². The number of aliphatic hydroxyl groups is 1. The van der Waals surface area contributed by atoms with Gasteiger partial charge in [0.05, 0.1) is 31.2 Å². The second-order valence-corrected chi connectivity index (χ2v) is 12.0. The summed E-state index contributed by atoms with van der Waals surface area (Å²) in [5.74, 6) is -2.02. The van der Waals surface area contributed by atoms with Gasteiger partial charge in [-0.15, -0.1) is 0 Å². The lowest BCUT2D eigenvalue weighted by Crippen LogP contribution is -2.72. The van der Waals surface area contributed by atoms with E-state index in [1.54, 1.807) is 25.5 Å². The van der Waals surface area contributed by atoms with Crippen LogP contribution in [0.4, 0.5) is 0 Å². The van der Waals surface area contributed by atoms with Crippen molar-refractivity contribution < 1.29 is 33.4 Å². The van der Waals surface area contributed by atoms with E-state index in [1.165, 1.54) is 20.1 Å². The maximum atomic E-state index is 13.8. The van der Waals surface area contributed by atoms with E-state index in [9.17, 15) is 19.5 Å². The van der Waals surface area contributed by atoms with E-state index < -0.39 is 46.3 Å². The summed E-state index contributed by atoms with van der Waals surface area (Å²) in [4.78, 5) is 39.3. The van der Waals surface area contributed by atoms with Crippen molar-refractivity contribution in [2.75, 3.05) is 7.11 Å². The average molecular weight is 497 g/mol. The van der Waals surface area contributed by atoms with Gasteiger partial charge >= 0.3 is 11.9 Å². The molecule has 1 N–H and O–H groups in total. The molecule has 2 saturated carbocycles. The fourth-order valence-corrected chi connectivity index (χ4v) is 8.97. The zero-order chi connectivity index (χ0) is 26.3. The number of ketones is 1. The van der Waals surface area contributed by atoms with Gasteiger partial charge in [-0.2, -0.15) is 0 Å². The highest BCUT2D eigenvalue weighted by molar-refractivity contribution is 5.99. The molecule has 4 aliphatic rings. The molecule has 0 unspecified atom stereocenters. The highest BCUT2D eigenvalue weighted by Crippen LogP contribution is 2.72. The van der Waals surface area contributed by atoms with Crippen molar-refractivity contribution in [2.24, 2.45) is 33.5 Å². The van der Waals surface area contributed by atoms with Gasteiger partial charge in [-0.05, 0) is 61.1 Å². The van der Waals surface area contributed by atoms with E-state index in [1.807, 2.05) is 19.9 Å². The number of rotatable bonds is 3. The fourth-order valence-electron chi connectivity index (χ4n) is 8.97. The van der Waals surface area contributed by atoms with Gasteiger partial charge in [0.1, 0.15) is 6.10 Å². The minimum absolute atomic E-state index is 0.112. The van der Waals surface area contributed by atoms with E-state index in [2.05, 4.69) is 13.0 Å². The molecule has 1 aromatic heterocycles. The number of ether oxygens (including phenoxy) is 2. The quantitative estimate of drug-likeness (QED) is 0.490. The summed E-state index contributed by atoms with van der Waals surface area (Å²) in [6.45, 7) is 9.20. The van der Waals surface area contributed by atoms with Crippen LogP contribution in [0.5, 0.6) is 0 Å². The molecule has 5 rings (SSSR count). The molecule has 0 aromatic carbocycles. The highest BCUT2D eigenvalue weighted by atomic mass is 16.6. The van der Waals surface area contributed by atoms with Crippen molar-refractivity contribution in [1.29, 1.82) is 0 Å². The van der Waals surface area contributed by atoms with Crippen molar-refractivity contribution >= 4 is 17.7 Å². The first-order chi connectivity index (χ1) is 16.9. The van der Waals surface area contributed by atoms with Crippen LogP contribution in [0.15, 0.2) is 46.8 Å². The first-order valence-electron chi connectivity index (χ1n) is 12.8. The number of fused-ring (bicyclic) bond motifs is 5. The smallest absolute Gasteiger partial charge is 0.315 e. The molecule has 7 heteroatoms. The molecule has 9 atom stereocenters. The van der Waals surface area contributed by atoms with E-state index in [-0.39, 0.29) is 23.0 Å². The van der Waals surface area contributed by atoms with Crippen molar-refractivity contribution in [3.63, 3.8) is 0 Å². The predicted molar refractivity (Wildman–Crippen MR) is 131 cm³/mol. The SMILES string of the molecule is COC(=O)[C@]1(C)C=CC(=O)[C@]2(C)[C@H]3CC[C@@]4(C)C(=CC[C@H]4c4ccoc4)[C@]3(C)[C@H](OC(C)=O)[C@H](O)[C@H]21. The number of hydrogen-bond acceptors (Lipinski definition) is 7. The largest absolute Gasteiger partial charge is 0.472 e. The molecule has 0 bridgehead atoms. The molecule has 36 heavy (non-hydrogen) atoms. The third-order valence-corrected chi connectivity index (χ3v) is 10.4. The second kappa shape index (κ2) is 7.91. The molecule has 0 aliphatic heterocycles. The number of carbonyl (C=O) groups excluding carboxylic acids is 3. The monoisotopic (exact) mass is 496 g/mol. The molecule has 7 nitrogen and oxygen atoms in total. The van der Waals surface area contributed by atoms with Crippen LogP contribution in [0.25, 0.3) is 0 Å². The Hall–Kier alpha value is -2.67. The number of hydrogen-bond donors (Lipinski definition) is 1. The van der Waals surface area contributed by atoms with Crippen LogP contribution in [0.3, 0.4) is 0 Å². The maximum absolute atomic E-state index is 13.8. The van der Waals surface area contributed by atoms with Gasteiger partial charge in [0.25, 0.3) is 0 Å². The van der Waals surface area contributed by atoms with Crippen LogP contribution in [0, 0.1) is 33.5 Å². The van der Waals surface area contributed by atoms with Crippen molar-refractivity contribution in [1.82, 2.24) is 0 Å². The molecular weight excluding hydrogens is 460 g/mol. The number of aliphatic hydroxyl groups excluding tert-OH is 1. The summed E-state index contributed by atoms with van der Waals surface area (Å²) in [5, 5.41) is 12.0. The molecule has 1 heterocycles. The van der Waals surface area contributed by atoms with Crippen molar-refractivity contribution in [3.8, 4) is 0 Å². The summed E-state index contributed by atoms with van der Waals surface area (Å²) in [6.07, 6.45) is 8.86. The predicted octanol–water partition coefficient (Wildman–Crippen LogP) is 4.36. The van der Waals surface area contributed by atoms with E-state index >= 15 is 0 Å². The number of allylic oxidation sites excluding steroid dienone is 2. The molecule has 2 fully saturated rings. The standard InChI is InChI=1S/C29H36O7/c1-16(30)36-24-22(32)23-27(3,25(33)34-6)13-10-21(31)29(23,5)20-9-12-26(2)18(17-11-14-35-15-17)7-8-19(26)28(20,24)4/h8,10-11,13-15,18,20,22-24,32H,7,9,12H2,1-6H3/t18-,20-,22+,23-,24+,26+,27+,28-,29-/m0/s1. The maximum Gasteiger partial charge on any atom is 0.315 e. The molecule has 4 aliphatic carbocycles. The van der Waals surface area contributed by atoms with Crippen molar-refractivity contribution in [2.45, 2.75) is 72.0 Å². The molecule has 1 aromatic rings. The average Bonchev–Trinajstić information content (AvgIpc) is 3.46. The molecule has 0 spiro atoms. The number of esters is 2. The minimum atomic E-state index is -1.26. The Bertz CT molecular complexity index is 1160. The van der Waals surface area contributed by atoms with Gasteiger partial charge in [-0.1, -0.05) is 38.5 Å². The van der Waals surface area contributed by atoms with Crippen LogP contribution in [0.2, 0.25) is 0 Å². The van der Waals surface area contributed by atoms with Gasteiger partial charge in [0, 0.05) is 23.7 Å². The molecule has 0 saturated heterocycles. The summed E-state index contributed by atoms with van der Waals surface area (Å²) in [6, 6.07) is 2.00. The highest BCUT2D eigenvalue weighted by Gasteiger charge is 2.74. The molecule has 0 radical (unpaired) electrons. The lowest BCUT2D eigenvalue weighted by atomic mass is 9.37. The Labute approximate surface area is 211 Å². The molecule has 0 amide bonds. The zero-order valence-electron chi connectivity index (χ0n) is 21.9. The third-order valence-electron chi connectivity index (χ3n) is 10.4. The van der Waals surface area contributed by atoms with E-state index in [0.717, 1.165) is 24.0 Å². The van der Waals surface area contributed by atoms with Crippen LogP contribution in [-0.4, -0.2) is 42.1 Å². The van der Waals surface area contributed by atoms with Gasteiger partial charge in [0.2, 0.25) is 0 Å². The third kappa shape index (κ3) is 2.92. The van der Waals surface area contributed by atoms with Gasteiger partial charge in [0.15, 0.2) is 5.78 Å². The molecule has 194 valence electrons. The van der Waals surface area contributed by atoms with Crippen LogP contribution < -0.4 is 0 Å². The molecular formula is C29H36O7. The Morgan fingerprint density at radius 2 is 1.89 bits per heavy atom. The summed E-state index contributed by atoms with van der Waals surface area (Å²) in [7, 11) is 1.31. The van der Waals surface area contributed by atoms with E-state index in [4.69, 9.17) is 13.9 Å². The zero-order valence-corrected chi connectivity index (χ0v) is 21.9. The second-order valence-electron chi connectivity index (χ2n) is 12.0. The Morgan fingerprint density at radius 3 is 2.50 bits per heavy atom. The van der Waals surface area contributed by atoms with Crippen molar-refractivity contribution in [3.05, 3.63) is 48.0 Å². The Kier molecular flexibility index (Phi) is 5.49.